The Hall–Kier alpha value is -3.52. The molecule has 0 aliphatic heterocycles. The van der Waals surface area contributed by atoms with Crippen LogP contribution >= 0.6 is 0 Å². The first-order chi connectivity index (χ1) is 17.0. The van der Waals surface area contributed by atoms with E-state index in [1.807, 2.05) is 0 Å². The van der Waals surface area contributed by atoms with E-state index in [1.165, 1.54) is 12.5 Å². The smallest absolute Gasteiger partial charge is 0.326 e. The number of aromatic amines is 1. The molecule has 14 nitrogen and oxygen atoms in total. The van der Waals surface area contributed by atoms with Crippen LogP contribution in [0.4, 0.5) is 0 Å². The summed E-state index contributed by atoms with van der Waals surface area (Å²) < 4.78 is 0. The molecular weight excluding hydrogens is 472 g/mol. The van der Waals surface area contributed by atoms with Crippen LogP contribution in [0, 0.1) is 5.92 Å². The van der Waals surface area contributed by atoms with E-state index < -0.39 is 66.1 Å². The van der Waals surface area contributed by atoms with E-state index in [0.717, 1.165) is 0 Å². The summed E-state index contributed by atoms with van der Waals surface area (Å²) in [5, 5.41) is 16.8. The predicted octanol–water partition coefficient (Wildman–Crippen LogP) is -2.13. The van der Waals surface area contributed by atoms with Gasteiger partial charge in [-0.25, -0.2) is 9.78 Å². The average molecular weight is 511 g/mol. The minimum absolute atomic E-state index is 0.155. The van der Waals surface area contributed by atoms with Crippen molar-refractivity contribution in [3.8, 4) is 0 Å². The molecule has 202 valence electrons. The maximum absolute atomic E-state index is 13.1. The highest BCUT2D eigenvalue weighted by Gasteiger charge is 2.32. The number of aromatic nitrogens is 2. The number of carbonyl (C=O) groups is 5. The minimum atomic E-state index is -1.44. The Balaban J connectivity index is 2.98. The van der Waals surface area contributed by atoms with Gasteiger partial charge in [-0.2, -0.15) is 0 Å². The van der Waals surface area contributed by atoms with Crippen molar-refractivity contribution < 1.29 is 29.1 Å². The molecule has 0 aliphatic carbocycles. The highest BCUT2D eigenvalue weighted by atomic mass is 16.4. The number of H-pyrrole nitrogens is 1. The van der Waals surface area contributed by atoms with Gasteiger partial charge in [-0.3, -0.25) is 19.2 Å². The van der Waals surface area contributed by atoms with Gasteiger partial charge in [0.15, 0.2) is 0 Å². The summed E-state index contributed by atoms with van der Waals surface area (Å²) in [6, 6.07) is -4.72. The van der Waals surface area contributed by atoms with Gasteiger partial charge in [-0.05, 0) is 31.7 Å². The van der Waals surface area contributed by atoms with Crippen molar-refractivity contribution in [2.45, 2.75) is 76.5 Å². The largest absolute Gasteiger partial charge is 0.480 e. The highest BCUT2D eigenvalue weighted by Crippen LogP contribution is 2.09. The number of aliphatic carboxylic acids is 1. The van der Waals surface area contributed by atoms with Gasteiger partial charge in [0.25, 0.3) is 0 Å². The lowest BCUT2D eigenvalue weighted by Gasteiger charge is -2.26. The van der Waals surface area contributed by atoms with Crippen molar-refractivity contribution in [1.29, 1.82) is 0 Å². The van der Waals surface area contributed by atoms with E-state index in [0.29, 0.717) is 31.5 Å². The molecule has 5 unspecified atom stereocenters. The Kier molecular flexibility index (Phi) is 13.1. The van der Waals surface area contributed by atoms with Crippen LogP contribution < -0.4 is 33.2 Å². The van der Waals surface area contributed by atoms with Gasteiger partial charge in [-0.15, -0.1) is 0 Å². The molecule has 0 saturated carbocycles. The molecule has 0 bridgehead atoms. The highest BCUT2D eigenvalue weighted by molar-refractivity contribution is 5.96. The number of imidazole rings is 1. The third-order valence-corrected chi connectivity index (χ3v) is 5.73. The lowest BCUT2D eigenvalue weighted by atomic mass is 9.98. The molecule has 1 aromatic rings. The van der Waals surface area contributed by atoms with E-state index in [2.05, 4.69) is 25.9 Å². The van der Waals surface area contributed by atoms with E-state index in [-0.39, 0.29) is 12.8 Å². The van der Waals surface area contributed by atoms with Crippen molar-refractivity contribution >= 4 is 29.6 Å². The zero-order chi connectivity index (χ0) is 27.3. The molecular formula is C22H38N8O6. The number of nitrogens with zero attached hydrogens (tertiary/aromatic N) is 1. The number of hydrogen-bond donors (Lipinski definition) is 8. The molecule has 0 saturated heterocycles. The van der Waals surface area contributed by atoms with Gasteiger partial charge in [0, 0.05) is 18.3 Å². The van der Waals surface area contributed by atoms with Gasteiger partial charge in [0.1, 0.15) is 18.1 Å². The number of rotatable bonds is 17. The Morgan fingerprint density at radius 3 is 2.22 bits per heavy atom. The van der Waals surface area contributed by atoms with Crippen LogP contribution in [-0.2, 0) is 30.4 Å². The molecule has 1 heterocycles. The fourth-order valence-corrected chi connectivity index (χ4v) is 3.39. The van der Waals surface area contributed by atoms with Gasteiger partial charge >= 0.3 is 5.97 Å². The van der Waals surface area contributed by atoms with Gasteiger partial charge in [0.05, 0.1) is 18.8 Å². The predicted molar refractivity (Wildman–Crippen MR) is 130 cm³/mol. The number of carbonyl (C=O) groups excluding carboxylic acids is 4. The Bertz CT molecular complexity index is 878. The Morgan fingerprint density at radius 2 is 1.69 bits per heavy atom. The number of primary amides is 1. The summed E-state index contributed by atoms with van der Waals surface area (Å²) in [7, 11) is 0. The molecule has 0 aromatic carbocycles. The lowest BCUT2D eigenvalue weighted by Crippen LogP contribution is -2.58. The number of hydrogen-bond acceptors (Lipinski definition) is 8. The van der Waals surface area contributed by atoms with Crippen LogP contribution in [0.25, 0.3) is 0 Å². The third-order valence-electron chi connectivity index (χ3n) is 5.73. The normalized spacial score (nSPS) is 15.1. The van der Waals surface area contributed by atoms with Gasteiger partial charge in [0.2, 0.25) is 23.6 Å². The van der Waals surface area contributed by atoms with Crippen molar-refractivity contribution in [2.75, 3.05) is 6.54 Å². The summed E-state index contributed by atoms with van der Waals surface area (Å²) in [6.45, 7) is 3.79. The molecule has 0 radical (unpaired) electrons. The Labute approximate surface area is 209 Å². The first-order valence-electron chi connectivity index (χ1n) is 11.8. The van der Waals surface area contributed by atoms with Crippen LogP contribution in [0.1, 0.15) is 51.6 Å². The van der Waals surface area contributed by atoms with E-state index >= 15 is 0 Å². The molecule has 36 heavy (non-hydrogen) atoms. The zero-order valence-corrected chi connectivity index (χ0v) is 20.7. The topological polar surface area (TPSA) is 248 Å². The second-order valence-corrected chi connectivity index (χ2v) is 8.67. The van der Waals surface area contributed by atoms with Crippen molar-refractivity contribution in [2.24, 2.45) is 23.1 Å². The van der Waals surface area contributed by atoms with Crippen LogP contribution in [0.15, 0.2) is 12.5 Å². The molecule has 4 amide bonds. The van der Waals surface area contributed by atoms with Crippen LogP contribution in [0.5, 0.6) is 0 Å². The molecule has 11 N–H and O–H groups in total. The average Bonchev–Trinajstić information content (AvgIpc) is 3.33. The maximum Gasteiger partial charge on any atom is 0.326 e. The van der Waals surface area contributed by atoms with Gasteiger partial charge in [-0.1, -0.05) is 20.3 Å². The summed E-state index contributed by atoms with van der Waals surface area (Å²) in [6.07, 6.45) is 4.31. The molecule has 1 aromatic heterocycles. The number of carboxylic acids is 1. The molecule has 0 spiro atoms. The Morgan fingerprint density at radius 1 is 1.06 bits per heavy atom. The van der Waals surface area contributed by atoms with Crippen LogP contribution in [-0.4, -0.2) is 75.4 Å². The number of unbranched alkanes of at least 4 members (excludes halogenated alkanes) is 1. The second-order valence-electron chi connectivity index (χ2n) is 8.67. The maximum atomic E-state index is 13.1. The molecule has 14 heteroatoms. The fourth-order valence-electron chi connectivity index (χ4n) is 3.39. The first kappa shape index (κ1) is 30.5. The summed E-state index contributed by atoms with van der Waals surface area (Å²) in [5.74, 6) is -4.76. The first-order valence-corrected chi connectivity index (χ1v) is 11.8. The number of carboxylic acid groups (broad SMARTS) is 1. The SMILES string of the molecule is CCC(C)C(NC(=O)C(CC(N)=O)NC(=O)C(CCCCN)NC(=O)C(N)Cc1cnc[nH]1)C(=O)O. The monoisotopic (exact) mass is 510 g/mol. The number of nitrogens with one attached hydrogen (secondary N) is 4. The van der Waals surface area contributed by atoms with Gasteiger partial charge < -0.3 is 43.2 Å². The number of amides is 4. The van der Waals surface area contributed by atoms with Crippen molar-refractivity contribution in [1.82, 2.24) is 25.9 Å². The standard InChI is InChI=1S/C22H38N8O6/c1-3-12(2)18(22(35)36)30-21(34)16(9-17(25)31)29-20(33)15(6-4-5-7-23)28-19(32)14(24)8-13-10-26-11-27-13/h10-12,14-16,18H,3-9,23-24H2,1-2H3,(H2,25,31)(H,26,27)(H,28,32)(H,29,33)(H,30,34)(H,35,36). The van der Waals surface area contributed by atoms with E-state index in [1.54, 1.807) is 13.8 Å². The van der Waals surface area contributed by atoms with Crippen molar-refractivity contribution in [3.63, 3.8) is 0 Å². The molecule has 5 atom stereocenters. The fraction of sp³-hybridized carbons (Fsp3) is 0.636. The summed E-state index contributed by atoms with van der Waals surface area (Å²) >= 11 is 0. The summed E-state index contributed by atoms with van der Waals surface area (Å²) in [4.78, 5) is 68.4. The van der Waals surface area contributed by atoms with E-state index in [4.69, 9.17) is 17.2 Å². The lowest BCUT2D eigenvalue weighted by molar-refractivity contribution is -0.144. The zero-order valence-electron chi connectivity index (χ0n) is 20.7. The minimum Gasteiger partial charge on any atom is -0.480 e. The molecule has 0 aliphatic rings. The quantitative estimate of drug-likeness (QED) is 0.106. The van der Waals surface area contributed by atoms with Crippen LogP contribution in [0.3, 0.4) is 0 Å². The molecule has 0 fully saturated rings. The third kappa shape index (κ3) is 10.4. The summed E-state index contributed by atoms with van der Waals surface area (Å²) in [5.41, 5.74) is 17.4. The van der Waals surface area contributed by atoms with E-state index in [9.17, 15) is 29.1 Å². The molecule has 1 rings (SSSR count). The van der Waals surface area contributed by atoms with Crippen molar-refractivity contribution in [3.05, 3.63) is 18.2 Å². The second kappa shape index (κ2) is 15.5. The number of nitrogens with two attached hydrogens (primary N) is 3. The van der Waals surface area contributed by atoms with Crippen LogP contribution in [0.2, 0.25) is 0 Å².